The molecule has 0 unspecified atom stereocenters. The average Bonchev–Trinajstić information content (AvgIpc) is 3.19. The van der Waals surface area contributed by atoms with Crippen molar-refractivity contribution in [3.63, 3.8) is 0 Å². The van der Waals surface area contributed by atoms with Crippen LogP contribution in [-0.4, -0.2) is 45.8 Å². The highest BCUT2D eigenvalue weighted by Crippen LogP contribution is 2.35. The lowest BCUT2D eigenvalue weighted by Gasteiger charge is -2.08. The van der Waals surface area contributed by atoms with E-state index in [-0.39, 0.29) is 39.9 Å². The molecule has 2 rings (SSSR count). The van der Waals surface area contributed by atoms with Crippen molar-refractivity contribution in [3.8, 4) is 0 Å². The lowest BCUT2D eigenvalue weighted by molar-refractivity contribution is -0.386. The minimum atomic E-state index is -3.21. The third kappa shape index (κ3) is 5.07. The zero-order valence-electron chi connectivity index (χ0n) is 17.6. The second-order valence-corrected chi connectivity index (χ2v) is 7.30. The van der Waals surface area contributed by atoms with E-state index >= 15 is 0 Å². The first-order chi connectivity index (χ1) is 15.0. The smallest absolute Gasteiger partial charge is 0.348 e. The summed E-state index contributed by atoms with van der Waals surface area (Å²) in [7, 11) is 0. The molecule has 0 radical (unpaired) electrons. The first-order valence-corrected chi connectivity index (χ1v) is 10.1. The van der Waals surface area contributed by atoms with Gasteiger partial charge in [0.1, 0.15) is 22.1 Å². The normalized spacial score (nSPS) is 10.8. The Balaban J connectivity index is 2.38. The molecule has 1 N–H and O–H groups in total. The van der Waals surface area contributed by atoms with Crippen LogP contribution in [-0.2, 0) is 20.8 Å². The first kappa shape index (κ1) is 24.8. The van der Waals surface area contributed by atoms with Gasteiger partial charge in [0, 0.05) is 0 Å². The predicted octanol–water partition coefficient (Wildman–Crippen LogP) is 3.40. The number of carbonyl (C=O) groups is 3. The molecule has 14 heteroatoms. The number of esters is 2. The number of alkyl halides is 2. The van der Waals surface area contributed by atoms with Crippen LogP contribution in [0.2, 0.25) is 0 Å². The van der Waals surface area contributed by atoms with Gasteiger partial charge in [0.05, 0.1) is 23.7 Å². The molecule has 11 nitrogen and oxygen atoms in total. The molecule has 2 aromatic heterocycles. The number of thiophene rings is 1. The standard InChI is InChI=1S/C18H20F2N4O7S/c1-5-30-17(26)11-8(3)14(18(27)31-6-2)32-16(11)21-10(25)7-23-9(4)13(24(28)29)12(22-23)15(19)20/h15H,5-7H2,1-4H3,(H,21,25). The summed E-state index contributed by atoms with van der Waals surface area (Å²) >= 11 is 0.784. The first-order valence-electron chi connectivity index (χ1n) is 9.30. The highest BCUT2D eigenvalue weighted by atomic mass is 32.1. The van der Waals surface area contributed by atoms with Gasteiger partial charge in [-0.25, -0.2) is 18.4 Å². The lowest BCUT2D eigenvalue weighted by atomic mass is 10.1. The SMILES string of the molecule is CCOC(=O)c1sc(NC(=O)Cn2nc(C(F)F)c([N+](=O)[O-])c2C)c(C(=O)OCC)c1C. The van der Waals surface area contributed by atoms with Crippen molar-refractivity contribution in [1.29, 1.82) is 0 Å². The second-order valence-electron chi connectivity index (χ2n) is 6.28. The third-order valence-corrected chi connectivity index (χ3v) is 5.41. The van der Waals surface area contributed by atoms with Crippen molar-refractivity contribution in [2.45, 2.75) is 40.7 Å². The monoisotopic (exact) mass is 474 g/mol. The van der Waals surface area contributed by atoms with E-state index in [9.17, 15) is 33.3 Å². The number of hydrogen-bond donors (Lipinski definition) is 1. The molecule has 0 aliphatic rings. The Bertz CT molecular complexity index is 1060. The van der Waals surface area contributed by atoms with Gasteiger partial charge in [-0.2, -0.15) is 5.10 Å². The van der Waals surface area contributed by atoms with Crippen LogP contribution in [0.5, 0.6) is 0 Å². The second kappa shape index (κ2) is 10.3. The fraction of sp³-hybridized carbons (Fsp3) is 0.444. The Labute approximate surface area is 184 Å². The summed E-state index contributed by atoms with van der Waals surface area (Å²) in [5, 5.41) is 17.0. The maximum absolute atomic E-state index is 13.1. The molecular weight excluding hydrogens is 454 g/mol. The van der Waals surface area contributed by atoms with Gasteiger partial charge < -0.3 is 14.8 Å². The minimum Gasteiger partial charge on any atom is -0.462 e. The molecule has 0 aliphatic carbocycles. The van der Waals surface area contributed by atoms with Crippen LogP contribution < -0.4 is 5.32 Å². The minimum absolute atomic E-state index is 0.0117. The maximum atomic E-state index is 13.1. The van der Waals surface area contributed by atoms with Gasteiger partial charge in [-0.05, 0) is 33.3 Å². The molecule has 0 saturated carbocycles. The summed E-state index contributed by atoms with van der Waals surface area (Å²) < 4.78 is 36.9. The molecule has 0 saturated heterocycles. The highest BCUT2D eigenvalue weighted by molar-refractivity contribution is 7.18. The number of halogens is 2. The predicted molar refractivity (Wildman–Crippen MR) is 108 cm³/mol. The van der Waals surface area contributed by atoms with Crippen molar-refractivity contribution < 1.29 is 37.6 Å². The number of aromatic nitrogens is 2. The van der Waals surface area contributed by atoms with Gasteiger partial charge in [0.25, 0.3) is 6.43 Å². The van der Waals surface area contributed by atoms with Crippen LogP contribution in [0.3, 0.4) is 0 Å². The molecule has 0 aliphatic heterocycles. The number of nitro groups is 1. The van der Waals surface area contributed by atoms with E-state index in [1.807, 2.05) is 0 Å². The molecule has 1 amide bonds. The van der Waals surface area contributed by atoms with Gasteiger partial charge in [0.2, 0.25) is 11.6 Å². The zero-order valence-corrected chi connectivity index (χ0v) is 18.4. The van der Waals surface area contributed by atoms with Crippen molar-refractivity contribution in [2.24, 2.45) is 0 Å². The van der Waals surface area contributed by atoms with E-state index < -0.39 is 47.1 Å². The topological polar surface area (TPSA) is 143 Å². The van der Waals surface area contributed by atoms with Gasteiger partial charge >= 0.3 is 17.6 Å². The number of anilines is 1. The number of nitrogens with one attached hydrogen (secondary N) is 1. The summed E-state index contributed by atoms with van der Waals surface area (Å²) in [4.78, 5) is 47.3. The summed E-state index contributed by atoms with van der Waals surface area (Å²) in [6.45, 7) is 5.35. The number of amides is 1. The van der Waals surface area contributed by atoms with E-state index in [1.165, 1.54) is 13.8 Å². The molecule has 0 fully saturated rings. The molecular formula is C18H20F2N4O7S. The molecule has 0 spiro atoms. The quantitative estimate of drug-likeness (QED) is 0.331. The Morgan fingerprint density at radius 2 is 1.78 bits per heavy atom. The molecule has 2 heterocycles. The summed E-state index contributed by atoms with van der Waals surface area (Å²) in [6.07, 6.45) is -3.21. The molecule has 0 bridgehead atoms. The summed E-state index contributed by atoms with van der Waals surface area (Å²) in [6, 6.07) is 0. The van der Waals surface area contributed by atoms with Gasteiger partial charge in [-0.15, -0.1) is 11.3 Å². The van der Waals surface area contributed by atoms with E-state index in [0.717, 1.165) is 16.0 Å². The Morgan fingerprint density at radius 3 is 2.28 bits per heavy atom. The number of rotatable bonds is 9. The summed E-state index contributed by atoms with van der Waals surface area (Å²) in [5.41, 5.74) is -1.97. The van der Waals surface area contributed by atoms with Crippen LogP contribution in [0.15, 0.2) is 0 Å². The van der Waals surface area contributed by atoms with E-state index in [1.54, 1.807) is 13.8 Å². The average molecular weight is 474 g/mol. The summed E-state index contributed by atoms with van der Waals surface area (Å²) in [5.74, 6) is -2.28. The number of ether oxygens (including phenoxy) is 2. The molecule has 0 atom stereocenters. The van der Waals surface area contributed by atoms with E-state index in [0.29, 0.717) is 0 Å². The van der Waals surface area contributed by atoms with Crippen LogP contribution >= 0.6 is 11.3 Å². The highest BCUT2D eigenvalue weighted by Gasteiger charge is 2.32. The van der Waals surface area contributed by atoms with Crippen LogP contribution in [0.4, 0.5) is 19.5 Å². The molecule has 174 valence electrons. The van der Waals surface area contributed by atoms with Crippen molar-refractivity contribution in [1.82, 2.24) is 9.78 Å². The van der Waals surface area contributed by atoms with Crippen molar-refractivity contribution in [3.05, 3.63) is 37.5 Å². The Kier molecular flexibility index (Phi) is 7.97. The van der Waals surface area contributed by atoms with Crippen LogP contribution in [0.1, 0.15) is 57.3 Å². The fourth-order valence-electron chi connectivity index (χ4n) is 2.83. The van der Waals surface area contributed by atoms with Crippen molar-refractivity contribution in [2.75, 3.05) is 18.5 Å². The van der Waals surface area contributed by atoms with Gasteiger partial charge in [-0.1, -0.05) is 0 Å². The van der Waals surface area contributed by atoms with Gasteiger partial charge in [-0.3, -0.25) is 19.6 Å². The Hall–Kier alpha value is -3.42. The lowest BCUT2D eigenvalue weighted by Crippen LogP contribution is -2.21. The molecule has 0 aromatic carbocycles. The Morgan fingerprint density at radius 1 is 1.19 bits per heavy atom. The molecule has 2 aromatic rings. The van der Waals surface area contributed by atoms with E-state index in [2.05, 4.69) is 10.4 Å². The van der Waals surface area contributed by atoms with Crippen LogP contribution in [0, 0.1) is 24.0 Å². The molecule has 32 heavy (non-hydrogen) atoms. The number of hydrogen-bond acceptors (Lipinski definition) is 9. The van der Waals surface area contributed by atoms with E-state index in [4.69, 9.17) is 9.47 Å². The number of nitrogens with zero attached hydrogens (tertiary/aromatic N) is 3. The zero-order chi connectivity index (χ0) is 24.2. The largest absolute Gasteiger partial charge is 0.462 e. The fourth-order valence-corrected chi connectivity index (χ4v) is 3.94. The van der Waals surface area contributed by atoms with Crippen LogP contribution in [0.25, 0.3) is 0 Å². The number of carbonyl (C=O) groups excluding carboxylic acids is 3. The third-order valence-electron chi connectivity index (χ3n) is 4.22. The van der Waals surface area contributed by atoms with Crippen molar-refractivity contribution >= 4 is 39.9 Å². The maximum Gasteiger partial charge on any atom is 0.348 e. The van der Waals surface area contributed by atoms with Gasteiger partial charge in [0.15, 0.2) is 0 Å².